The molecule has 3 aromatic rings. The summed E-state index contributed by atoms with van der Waals surface area (Å²) in [6, 6.07) is 7.51. The van der Waals surface area contributed by atoms with Crippen LogP contribution in [0.25, 0.3) is 11.1 Å². The molecule has 3 aliphatic rings. The predicted octanol–water partition coefficient (Wildman–Crippen LogP) is 3.65. The first-order valence-electron chi connectivity index (χ1n) is 11.1. The van der Waals surface area contributed by atoms with Crippen LogP contribution in [0, 0.1) is 18.7 Å². The molecule has 1 aromatic carbocycles. The van der Waals surface area contributed by atoms with Crippen molar-refractivity contribution < 1.29 is 9.13 Å². The number of hydrogen-bond donors (Lipinski definition) is 2. The number of hydrogen-bond acceptors (Lipinski definition) is 7. The molecule has 2 fully saturated rings. The molecule has 8 heteroatoms. The average Bonchev–Trinajstić information content (AvgIpc) is 3.44. The molecule has 0 amide bonds. The number of aromatic nitrogens is 3. The number of piperidine rings is 1. The number of benzene rings is 1. The normalized spacial score (nSPS) is 22.8. The highest BCUT2D eigenvalue weighted by Gasteiger charge is 2.47. The van der Waals surface area contributed by atoms with E-state index in [9.17, 15) is 4.39 Å². The number of rotatable bonds is 4. The van der Waals surface area contributed by atoms with Gasteiger partial charge in [0.05, 0.1) is 11.9 Å². The van der Waals surface area contributed by atoms with E-state index in [4.69, 9.17) is 20.4 Å². The second-order valence-electron chi connectivity index (χ2n) is 8.93. The Morgan fingerprint density at radius 2 is 2.09 bits per heavy atom. The molecule has 2 aliphatic carbocycles. The van der Waals surface area contributed by atoms with Crippen molar-refractivity contribution in [1.82, 2.24) is 15.0 Å². The van der Waals surface area contributed by atoms with Crippen LogP contribution < -0.4 is 20.7 Å². The molecular formula is C24H25FN6O. The smallest absolute Gasteiger partial charge is 0.324 e. The van der Waals surface area contributed by atoms with Gasteiger partial charge < -0.3 is 20.7 Å². The zero-order chi connectivity index (χ0) is 22.0. The minimum absolute atomic E-state index is 0.132. The number of nitrogens with one attached hydrogen (secondary N) is 1. The number of halogens is 1. The maximum Gasteiger partial charge on any atom is 0.324 e. The van der Waals surface area contributed by atoms with Crippen LogP contribution >= 0.6 is 0 Å². The summed E-state index contributed by atoms with van der Waals surface area (Å²) in [5, 5.41) is 3.12. The summed E-state index contributed by atoms with van der Waals surface area (Å²) in [5.74, 6) is 1.55. The van der Waals surface area contributed by atoms with Gasteiger partial charge in [0.2, 0.25) is 0 Å². The average molecular weight is 433 g/mol. The lowest BCUT2D eigenvalue weighted by molar-refractivity contribution is 0.436. The van der Waals surface area contributed by atoms with Gasteiger partial charge in [-0.25, -0.2) is 4.39 Å². The number of nitrogens with two attached hydrogens (primary N) is 1. The number of fused-ring (bicyclic) bond motifs is 5. The van der Waals surface area contributed by atoms with Crippen LogP contribution in [0.3, 0.4) is 0 Å². The quantitative estimate of drug-likeness (QED) is 0.509. The van der Waals surface area contributed by atoms with Gasteiger partial charge in [-0.2, -0.15) is 9.97 Å². The molecule has 1 saturated heterocycles. The fraction of sp³-hybridized carbons (Fsp3) is 0.375. The van der Waals surface area contributed by atoms with Gasteiger partial charge in [-0.05, 0) is 61.1 Å². The number of ether oxygens (including phenoxy) is 1. The van der Waals surface area contributed by atoms with Crippen LogP contribution in [0.2, 0.25) is 0 Å². The Kier molecular flexibility index (Phi) is 4.33. The molecule has 0 spiro atoms. The minimum atomic E-state index is -0.280. The molecule has 3 atom stereocenters. The van der Waals surface area contributed by atoms with E-state index in [1.807, 2.05) is 26.1 Å². The van der Waals surface area contributed by atoms with E-state index in [-0.39, 0.29) is 23.9 Å². The van der Waals surface area contributed by atoms with E-state index in [0.29, 0.717) is 18.1 Å². The molecule has 3 heterocycles. The van der Waals surface area contributed by atoms with Gasteiger partial charge in [0.15, 0.2) is 0 Å². The molecule has 6 rings (SSSR count). The second kappa shape index (κ2) is 7.13. The lowest BCUT2D eigenvalue weighted by Crippen LogP contribution is -2.38. The summed E-state index contributed by atoms with van der Waals surface area (Å²) < 4.78 is 20.5. The Balaban J connectivity index is 1.49. The third-order valence-electron chi connectivity index (χ3n) is 7.06. The van der Waals surface area contributed by atoms with Gasteiger partial charge >= 0.3 is 6.01 Å². The largest absolute Gasteiger partial charge is 0.423 e. The first-order chi connectivity index (χ1) is 15.5. The third-order valence-corrected chi connectivity index (χ3v) is 7.06. The summed E-state index contributed by atoms with van der Waals surface area (Å²) in [7, 11) is 1.81. The van der Waals surface area contributed by atoms with Crippen molar-refractivity contribution in [3.63, 3.8) is 0 Å². The summed E-state index contributed by atoms with van der Waals surface area (Å²) in [6.07, 6.45) is 4.44. The first kappa shape index (κ1) is 19.4. The topological polar surface area (TPSA) is 89.2 Å². The van der Waals surface area contributed by atoms with Crippen LogP contribution in [0.5, 0.6) is 11.8 Å². The SMILES string of the molecule is CNc1cc(F)cc2c1Cc1nc(Oc3ccc(C)nc3)nc(N3CC4CCC3C4N)c1-2. The van der Waals surface area contributed by atoms with Gasteiger partial charge in [0, 0.05) is 49.0 Å². The van der Waals surface area contributed by atoms with Crippen molar-refractivity contribution in [3.8, 4) is 22.9 Å². The van der Waals surface area contributed by atoms with Gasteiger partial charge in [0.25, 0.3) is 0 Å². The highest BCUT2D eigenvalue weighted by molar-refractivity contribution is 5.88. The maximum absolute atomic E-state index is 14.5. The molecule has 7 nitrogen and oxygen atoms in total. The Labute approximate surface area is 185 Å². The zero-order valence-corrected chi connectivity index (χ0v) is 18.1. The van der Waals surface area contributed by atoms with Gasteiger partial charge in [-0.15, -0.1) is 0 Å². The minimum Gasteiger partial charge on any atom is -0.423 e. The number of anilines is 2. The Bertz CT molecular complexity index is 1210. The summed E-state index contributed by atoms with van der Waals surface area (Å²) in [4.78, 5) is 16.2. The lowest BCUT2D eigenvalue weighted by atomic mass is 10.0. The Hall–Kier alpha value is -3.26. The molecule has 1 saturated carbocycles. The molecular weight excluding hydrogens is 407 g/mol. The van der Waals surface area contributed by atoms with Gasteiger partial charge in [-0.3, -0.25) is 4.98 Å². The van der Waals surface area contributed by atoms with E-state index in [1.165, 1.54) is 6.07 Å². The van der Waals surface area contributed by atoms with E-state index < -0.39 is 0 Å². The van der Waals surface area contributed by atoms with Crippen LogP contribution in [-0.2, 0) is 6.42 Å². The molecule has 164 valence electrons. The van der Waals surface area contributed by atoms with Gasteiger partial charge in [0.1, 0.15) is 17.4 Å². The molecule has 32 heavy (non-hydrogen) atoms. The summed E-state index contributed by atoms with van der Waals surface area (Å²) in [5.41, 5.74) is 11.8. The van der Waals surface area contributed by atoms with E-state index in [1.54, 1.807) is 12.3 Å². The highest BCUT2D eigenvalue weighted by atomic mass is 19.1. The van der Waals surface area contributed by atoms with Crippen molar-refractivity contribution in [2.75, 3.05) is 23.8 Å². The number of aryl methyl sites for hydroxylation is 1. The fourth-order valence-corrected chi connectivity index (χ4v) is 5.48. The lowest BCUT2D eigenvalue weighted by Gasteiger charge is -2.30. The molecule has 2 bridgehead atoms. The monoisotopic (exact) mass is 432 g/mol. The van der Waals surface area contributed by atoms with E-state index in [0.717, 1.165) is 59.0 Å². The van der Waals surface area contributed by atoms with Crippen molar-refractivity contribution in [1.29, 1.82) is 0 Å². The number of pyridine rings is 1. The van der Waals surface area contributed by atoms with Crippen molar-refractivity contribution in [3.05, 3.63) is 53.2 Å². The van der Waals surface area contributed by atoms with Crippen LogP contribution in [0.15, 0.2) is 30.5 Å². The summed E-state index contributed by atoms with van der Waals surface area (Å²) >= 11 is 0. The standard InChI is InChI=1S/C24H25FN6O/c1-12-3-5-15(10-28-12)32-24-29-19-9-16-17(7-14(25)8-18(16)27-2)21(19)23(30-24)31-11-13-4-6-20(31)22(13)26/h3,5,7-8,10,13,20,22,27H,4,6,9,11,26H2,1-2H3. The van der Waals surface area contributed by atoms with E-state index in [2.05, 4.69) is 15.2 Å². The van der Waals surface area contributed by atoms with Crippen LogP contribution in [0.4, 0.5) is 15.9 Å². The predicted molar refractivity (Wildman–Crippen MR) is 121 cm³/mol. The molecule has 3 unspecified atom stereocenters. The highest BCUT2D eigenvalue weighted by Crippen LogP contribution is 2.48. The van der Waals surface area contributed by atoms with Crippen LogP contribution in [-0.4, -0.2) is 40.6 Å². The number of nitrogens with zero attached hydrogens (tertiary/aromatic N) is 4. The van der Waals surface area contributed by atoms with E-state index >= 15 is 0 Å². The molecule has 2 aromatic heterocycles. The Morgan fingerprint density at radius 1 is 1.22 bits per heavy atom. The molecule has 1 aliphatic heterocycles. The van der Waals surface area contributed by atoms with Crippen molar-refractivity contribution in [2.45, 2.75) is 38.3 Å². The first-order valence-corrected chi connectivity index (χ1v) is 11.1. The Morgan fingerprint density at radius 3 is 2.78 bits per heavy atom. The molecule has 0 radical (unpaired) electrons. The molecule has 3 N–H and O–H groups in total. The zero-order valence-electron chi connectivity index (χ0n) is 18.1. The van der Waals surface area contributed by atoms with Gasteiger partial charge in [-0.1, -0.05) is 0 Å². The van der Waals surface area contributed by atoms with Crippen LogP contribution in [0.1, 0.15) is 29.8 Å². The fourth-order valence-electron chi connectivity index (χ4n) is 5.48. The second-order valence-corrected chi connectivity index (χ2v) is 8.93. The summed E-state index contributed by atoms with van der Waals surface area (Å²) in [6.45, 7) is 2.78. The van der Waals surface area contributed by atoms with Crippen molar-refractivity contribution in [2.24, 2.45) is 11.7 Å². The van der Waals surface area contributed by atoms with Crippen molar-refractivity contribution >= 4 is 11.5 Å². The third kappa shape index (κ3) is 2.93. The maximum atomic E-state index is 14.5.